The molecule has 0 aromatic heterocycles. The molecule has 0 bridgehead atoms. The highest BCUT2D eigenvalue weighted by Gasteiger charge is 2.22. The summed E-state index contributed by atoms with van der Waals surface area (Å²) < 4.78 is 5.93. The molecule has 0 fully saturated rings. The molecule has 1 aliphatic heterocycles. The van der Waals surface area contributed by atoms with E-state index < -0.39 is 0 Å². The number of hydrogen-bond acceptors (Lipinski definition) is 2. The van der Waals surface area contributed by atoms with Crippen LogP contribution in [-0.4, -0.2) is 19.2 Å². The van der Waals surface area contributed by atoms with Crippen LogP contribution in [0.25, 0.3) is 0 Å². The number of nitrogens with zero attached hydrogens (tertiary/aromatic N) is 1. The third kappa shape index (κ3) is 2.74. The lowest BCUT2D eigenvalue weighted by molar-refractivity contribution is 0.243. The zero-order chi connectivity index (χ0) is 12.3. The summed E-state index contributed by atoms with van der Waals surface area (Å²) in [5.41, 5.74) is 2.79. The van der Waals surface area contributed by atoms with E-state index >= 15 is 0 Å². The number of unbranched alkanes of at least 4 members (excludes halogenated alkanes) is 1. The van der Waals surface area contributed by atoms with Gasteiger partial charge in [0.25, 0.3) is 0 Å². The number of benzene rings is 1. The highest BCUT2D eigenvalue weighted by atomic mass is 16.5. The first-order chi connectivity index (χ1) is 8.22. The van der Waals surface area contributed by atoms with E-state index in [9.17, 15) is 0 Å². The Balaban J connectivity index is 2.21. The Morgan fingerprint density at radius 1 is 1.35 bits per heavy atom. The van der Waals surface area contributed by atoms with Crippen LogP contribution in [-0.2, 0) is 6.42 Å². The lowest BCUT2D eigenvalue weighted by Gasteiger charge is -2.23. The molecule has 2 rings (SSSR count). The van der Waals surface area contributed by atoms with Crippen LogP contribution in [0.4, 0.5) is 5.69 Å². The van der Waals surface area contributed by atoms with Crippen LogP contribution in [0.5, 0.6) is 5.75 Å². The summed E-state index contributed by atoms with van der Waals surface area (Å²) in [6, 6.07) is 6.44. The molecule has 0 unspecified atom stereocenters. The van der Waals surface area contributed by atoms with E-state index in [0.29, 0.717) is 0 Å². The molecule has 1 aromatic rings. The number of fused-ring (bicyclic) bond motifs is 1. The van der Waals surface area contributed by atoms with E-state index in [-0.39, 0.29) is 6.10 Å². The molecule has 1 aliphatic rings. The van der Waals surface area contributed by atoms with Crippen LogP contribution >= 0.6 is 0 Å². The summed E-state index contributed by atoms with van der Waals surface area (Å²) in [5.74, 6) is 1.06. The van der Waals surface area contributed by atoms with Gasteiger partial charge < -0.3 is 9.64 Å². The lowest BCUT2D eigenvalue weighted by atomic mass is 10.1. The zero-order valence-corrected chi connectivity index (χ0v) is 11.2. The van der Waals surface area contributed by atoms with Crippen molar-refractivity contribution in [1.29, 1.82) is 0 Å². The van der Waals surface area contributed by atoms with Gasteiger partial charge in [0, 0.05) is 13.1 Å². The molecule has 1 aromatic carbocycles. The largest absolute Gasteiger partial charge is 0.489 e. The molecular formula is C15H23NO. The molecule has 0 amide bonds. The van der Waals surface area contributed by atoms with Crippen molar-refractivity contribution >= 4 is 5.69 Å². The maximum atomic E-state index is 5.93. The van der Waals surface area contributed by atoms with E-state index in [1.165, 1.54) is 24.1 Å². The summed E-state index contributed by atoms with van der Waals surface area (Å²) in [6.45, 7) is 8.72. The second-order valence-electron chi connectivity index (χ2n) is 5.02. The average Bonchev–Trinajstić information content (AvgIpc) is 2.70. The number of para-hydroxylation sites is 1. The monoisotopic (exact) mass is 233 g/mol. The van der Waals surface area contributed by atoms with Gasteiger partial charge in [0.05, 0.1) is 11.8 Å². The van der Waals surface area contributed by atoms with Gasteiger partial charge in [-0.05, 0) is 38.3 Å². The maximum absolute atomic E-state index is 5.93. The molecule has 94 valence electrons. The summed E-state index contributed by atoms with van der Waals surface area (Å²) in [5, 5.41) is 0. The number of hydrogen-bond donors (Lipinski definition) is 0. The Labute approximate surface area is 105 Å². The van der Waals surface area contributed by atoms with E-state index in [1.54, 1.807) is 0 Å². The number of ether oxygens (including phenoxy) is 1. The Kier molecular flexibility index (Phi) is 3.93. The van der Waals surface area contributed by atoms with Crippen LogP contribution in [0.2, 0.25) is 0 Å². The Morgan fingerprint density at radius 3 is 2.88 bits per heavy atom. The Morgan fingerprint density at radius 2 is 2.18 bits per heavy atom. The van der Waals surface area contributed by atoms with Crippen LogP contribution in [0, 0.1) is 0 Å². The van der Waals surface area contributed by atoms with Gasteiger partial charge in [-0.25, -0.2) is 0 Å². The Bertz CT molecular complexity index is 373. The topological polar surface area (TPSA) is 12.5 Å². The van der Waals surface area contributed by atoms with Gasteiger partial charge in [0.15, 0.2) is 0 Å². The summed E-state index contributed by atoms with van der Waals surface area (Å²) in [7, 11) is 0. The maximum Gasteiger partial charge on any atom is 0.143 e. The third-order valence-corrected chi connectivity index (χ3v) is 3.19. The van der Waals surface area contributed by atoms with Gasteiger partial charge in [-0.3, -0.25) is 0 Å². The van der Waals surface area contributed by atoms with Crippen molar-refractivity contribution in [3.8, 4) is 5.75 Å². The van der Waals surface area contributed by atoms with Gasteiger partial charge in [0.1, 0.15) is 5.75 Å². The second kappa shape index (κ2) is 5.44. The quantitative estimate of drug-likeness (QED) is 0.770. The van der Waals surface area contributed by atoms with Crippen LogP contribution in [0.3, 0.4) is 0 Å². The molecule has 0 spiro atoms. The molecule has 0 aliphatic carbocycles. The SMILES string of the molecule is CCCCN1CCc2cccc(OC(C)C)c21. The minimum absolute atomic E-state index is 0.245. The van der Waals surface area contributed by atoms with Crippen molar-refractivity contribution in [3.63, 3.8) is 0 Å². The molecule has 0 radical (unpaired) electrons. The van der Waals surface area contributed by atoms with E-state index in [0.717, 1.165) is 25.3 Å². The minimum atomic E-state index is 0.245. The fourth-order valence-electron chi connectivity index (χ4n) is 2.42. The first-order valence-corrected chi connectivity index (χ1v) is 6.76. The molecule has 2 nitrogen and oxygen atoms in total. The molecule has 0 atom stereocenters. The predicted molar refractivity (Wildman–Crippen MR) is 73.0 cm³/mol. The first-order valence-electron chi connectivity index (χ1n) is 6.76. The van der Waals surface area contributed by atoms with E-state index in [4.69, 9.17) is 4.74 Å². The first kappa shape index (κ1) is 12.3. The van der Waals surface area contributed by atoms with Crippen molar-refractivity contribution in [2.75, 3.05) is 18.0 Å². The van der Waals surface area contributed by atoms with Gasteiger partial charge in [-0.1, -0.05) is 25.5 Å². The summed E-state index contributed by atoms with van der Waals surface area (Å²) in [4.78, 5) is 2.48. The standard InChI is InChI=1S/C15H23NO/c1-4-5-10-16-11-9-13-7-6-8-14(15(13)16)17-12(2)3/h6-8,12H,4-5,9-11H2,1-3H3. The fourth-order valence-corrected chi connectivity index (χ4v) is 2.42. The number of rotatable bonds is 5. The second-order valence-corrected chi connectivity index (χ2v) is 5.02. The Hall–Kier alpha value is -1.18. The van der Waals surface area contributed by atoms with Crippen molar-refractivity contribution in [2.45, 2.75) is 46.1 Å². The molecule has 2 heteroatoms. The van der Waals surface area contributed by atoms with E-state index in [2.05, 4.69) is 43.9 Å². The molecule has 0 saturated carbocycles. The number of anilines is 1. The van der Waals surface area contributed by atoms with Gasteiger partial charge in [0.2, 0.25) is 0 Å². The minimum Gasteiger partial charge on any atom is -0.489 e. The summed E-state index contributed by atoms with van der Waals surface area (Å²) >= 11 is 0. The van der Waals surface area contributed by atoms with Gasteiger partial charge in [-0.15, -0.1) is 0 Å². The zero-order valence-electron chi connectivity index (χ0n) is 11.2. The summed E-state index contributed by atoms with van der Waals surface area (Å²) in [6.07, 6.45) is 3.91. The van der Waals surface area contributed by atoms with Gasteiger partial charge >= 0.3 is 0 Å². The van der Waals surface area contributed by atoms with Crippen molar-refractivity contribution in [1.82, 2.24) is 0 Å². The normalized spacial score (nSPS) is 14.2. The molecule has 17 heavy (non-hydrogen) atoms. The fraction of sp³-hybridized carbons (Fsp3) is 0.600. The van der Waals surface area contributed by atoms with Crippen molar-refractivity contribution in [2.24, 2.45) is 0 Å². The van der Waals surface area contributed by atoms with Crippen LogP contribution in [0.1, 0.15) is 39.2 Å². The van der Waals surface area contributed by atoms with Crippen LogP contribution in [0.15, 0.2) is 18.2 Å². The highest BCUT2D eigenvalue weighted by Crippen LogP contribution is 2.37. The van der Waals surface area contributed by atoms with Crippen LogP contribution < -0.4 is 9.64 Å². The molecule has 0 saturated heterocycles. The third-order valence-electron chi connectivity index (χ3n) is 3.19. The predicted octanol–water partition coefficient (Wildman–Crippen LogP) is 3.64. The van der Waals surface area contributed by atoms with E-state index in [1.807, 2.05) is 0 Å². The van der Waals surface area contributed by atoms with Crippen molar-refractivity contribution in [3.05, 3.63) is 23.8 Å². The molecular weight excluding hydrogens is 210 g/mol. The average molecular weight is 233 g/mol. The lowest BCUT2D eigenvalue weighted by Crippen LogP contribution is -2.22. The molecule has 0 N–H and O–H groups in total. The van der Waals surface area contributed by atoms with Gasteiger partial charge in [-0.2, -0.15) is 0 Å². The van der Waals surface area contributed by atoms with Crippen molar-refractivity contribution < 1.29 is 4.74 Å². The molecule has 1 heterocycles. The highest BCUT2D eigenvalue weighted by molar-refractivity contribution is 5.67. The smallest absolute Gasteiger partial charge is 0.143 e.